The largest absolute Gasteiger partial charge is 0.326 e. The van der Waals surface area contributed by atoms with Crippen LogP contribution >= 0.6 is 27.7 Å². The highest BCUT2D eigenvalue weighted by Gasteiger charge is 2.21. The minimum absolute atomic E-state index is 0.0946. The number of hydrogen-bond donors (Lipinski definition) is 2. The first-order chi connectivity index (χ1) is 9.81. The second-order valence-corrected chi connectivity index (χ2v) is 8.81. The lowest BCUT2D eigenvalue weighted by Crippen LogP contribution is -2.33. The van der Waals surface area contributed by atoms with Gasteiger partial charge in [0.2, 0.25) is 10.0 Å². The summed E-state index contributed by atoms with van der Waals surface area (Å²) in [5.74, 6) is 1.99. The van der Waals surface area contributed by atoms with E-state index in [2.05, 4.69) is 27.6 Å². The molecule has 0 amide bonds. The van der Waals surface area contributed by atoms with Crippen molar-refractivity contribution in [2.75, 3.05) is 11.5 Å². The molecule has 0 spiro atoms. The van der Waals surface area contributed by atoms with Crippen molar-refractivity contribution in [2.24, 2.45) is 5.73 Å². The van der Waals surface area contributed by atoms with Gasteiger partial charge >= 0.3 is 0 Å². The average Bonchev–Trinajstić information content (AvgIpc) is 2.41. The minimum Gasteiger partial charge on any atom is -0.326 e. The number of nitrogens with two attached hydrogens (primary N) is 1. The molecule has 0 bridgehead atoms. The quantitative estimate of drug-likeness (QED) is 0.664. The van der Waals surface area contributed by atoms with E-state index in [9.17, 15) is 8.42 Å². The van der Waals surface area contributed by atoms with E-state index < -0.39 is 10.0 Å². The molecule has 1 unspecified atom stereocenters. The van der Waals surface area contributed by atoms with E-state index in [4.69, 9.17) is 5.73 Å². The normalized spacial score (nSPS) is 13.4. The van der Waals surface area contributed by atoms with E-state index in [1.807, 2.05) is 31.7 Å². The molecule has 0 aliphatic heterocycles. The Balaban J connectivity index is 2.95. The molecular weight excluding hydrogens is 372 g/mol. The number of rotatable bonds is 8. The lowest BCUT2D eigenvalue weighted by Gasteiger charge is -2.16. The minimum atomic E-state index is -3.54. The molecule has 1 aromatic rings. The van der Waals surface area contributed by atoms with Gasteiger partial charge < -0.3 is 5.73 Å². The van der Waals surface area contributed by atoms with Gasteiger partial charge in [-0.1, -0.05) is 13.0 Å². The molecule has 1 rings (SSSR count). The van der Waals surface area contributed by atoms with Crippen LogP contribution in [0.3, 0.4) is 0 Å². The van der Waals surface area contributed by atoms with Gasteiger partial charge in [-0.2, -0.15) is 11.8 Å². The molecule has 3 N–H and O–H groups in total. The molecule has 1 atom stereocenters. The standard InChI is InChI=1S/C14H23BrN2O2S2/c1-4-20-6-5-11(3)17-21(18,19)13-8-12(9-16)7-10(2)14(13)15/h7-8,11,17H,4-6,9,16H2,1-3H3. The van der Waals surface area contributed by atoms with Crippen molar-refractivity contribution in [1.82, 2.24) is 4.72 Å². The van der Waals surface area contributed by atoms with Gasteiger partial charge in [0.25, 0.3) is 0 Å². The number of sulfonamides is 1. The fourth-order valence-electron chi connectivity index (χ4n) is 1.91. The maximum atomic E-state index is 12.5. The predicted molar refractivity (Wildman–Crippen MR) is 94.2 cm³/mol. The molecule has 0 radical (unpaired) electrons. The van der Waals surface area contributed by atoms with Crippen LogP contribution in [-0.4, -0.2) is 26.0 Å². The van der Waals surface area contributed by atoms with Crippen LogP contribution in [0.5, 0.6) is 0 Å². The Hall–Kier alpha value is -0.0800. The van der Waals surface area contributed by atoms with Crippen LogP contribution in [0.2, 0.25) is 0 Å². The number of halogens is 1. The Morgan fingerprint density at radius 1 is 1.43 bits per heavy atom. The zero-order valence-corrected chi connectivity index (χ0v) is 15.9. The molecule has 0 heterocycles. The molecule has 0 aromatic heterocycles. The third kappa shape index (κ3) is 5.56. The monoisotopic (exact) mass is 394 g/mol. The molecule has 0 aliphatic carbocycles. The van der Waals surface area contributed by atoms with Crippen LogP contribution in [0, 0.1) is 6.92 Å². The SMILES string of the molecule is CCSCCC(C)NS(=O)(=O)c1cc(CN)cc(C)c1Br. The molecular formula is C14H23BrN2O2S2. The van der Waals surface area contributed by atoms with Crippen molar-refractivity contribution in [3.8, 4) is 0 Å². The zero-order valence-electron chi connectivity index (χ0n) is 12.6. The van der Waals surface area contributed by atoms with E-state index in [1.54, 1.807) is 6.07 Å². The first-order valence-electron chi connectivity index (χ1n) is 6.91. The van der Waals surface area contributed by atoms with E-state index in [1.165, 1.54) is 0 Å². The highest BCUT2D eigenvalue weighted by Crippen LogP contribution is 2.27. The Morgan fingerprint density at radius 3 is 2.67 bits per heavy atom. The summed E-state index contributed by atoms with van der Waals surface area (Å²) in [5.41, 5.74) is 7.31. The van der Waals surface area contributed by atoms with Gasteiger partial charge in [-0.3, -0.25) is 0 Å². The number of hydrogen-bond acceptors (Lipinski definition) is 4. The van der Waals surface area contributed by atoms with E-state index in [0.29, 0.717) is 11.0 Å². The van der Waals surface area contributed by atoms with Crippen LogP contribution in [0.15, 0.2) is 21.5 Å². The van der Waals surface area contributed by atoms with Crippen molar-refractivity contribution < 1.29 is 8.42 Å². The molecule has 0 saturated carbocycles. The van der Waals surface area contributed by atoms with Crippen molar-refractivity contribution in [2.45, 2.75) is 44.7 Å². The Labute approximate surface area is 140 Å². The summed E-state index contributed by atoms with van der Waals surface area (Å²) < 4.78 is 28.4. The van der Waals surface area contributed by atoms with Crippen molar-refractivity contribution >= 4 is 37.7 Å². The Kier molecular flexibility index (Phi) is 7.70. The van der Waals surface area contributed by atoms with Crippen LogP contribution < -0.4 is 10.5 Å². The maximum absolute atomic E-state index is 12.5. The second-order valence-electron chi connectivity index (χ2n) is 4.94. The van der Waals surface area contributed by atoms with Gasteiger partial charge in [0.1, 0.15) is 0 Å². The molecule has 4 nitrogen and oxygen atoms in total. The van der Waals surface area contributed by atoms with Crippen LogP contribution in [0.4, 0.5) is 0 Å². The predicted octanol–water partition coefficient (Wildman–Crippen LogP) is 3.03. The van der Waals surface area contributed by atoms with Gasteiger partial charge in [0.15, 0.2) is 0 Å². The Bertz CT molecular complexity index is 577. The van der Waals surface area contributed by atoms with E-state index in [-0.39, 0.29) is 10.9 Å². The first kappa shape index (κ1) is 19.0. The maximum Gasteiger partial charge on any atom is 0.241 e. The Morgan fingerprint density at radius 2 is 2.10 bits per heavy atom. The summed E-state index contributed by atoms with van der Waals surface area (Å²) in [4.78, 5) is 0.262. The summed E-state index contributed by atoms with van der Waals surface area (Å²) in [6, 6.07) is 3.43. The molecule has 0 fully saturated rings. The lowest BCUT2D eigenvalue weighted by molar-refractivity contribution is 0.556. The number of nitrogens with one attached hydrogen (secondary N) is 1. The summed E-state index contributed by atoms with van der Waals surface area (Å²) in [5, 5.41) is 0. The molecule has 120 valence electrons. The highest BCUT2D eigenvalue weighted by molar-refractivity contribution is 9.10. The number of aryl methyl sites for hydroxylation is 1. The highest BCUT2D eigenvalue weighted by atomic mass is 79.9. The topological polar surface area (TPSA) is 72.2 Å². The molecule has 0 aliphatic rings. The van der Waals surface area contributed by atoms with E-state index >= 15 is 0 Å². The lowest BCUT2D eigenvalue weighted by atomic mass is 10.1. The molecule has 0 saturated heterocycles. The van der Waals surface area contributed by atoms with E-state index in [0.717, 1.165) is 29.1 Å². The van der Waals surface area contributed by atoms with Gasteiger partial charge in [0.05, 0.1) is 4.90 Å². The fraction of sp³-hybridized carbons (Fsp3) is 0.571. The zero-order chi connectivity index (χ0) is 16.0. The summed E-state index contributed by atoms with van der Waals surface area (Å²) >= 11 is 5.18. The summed E-state index contributed by atoms with van der Waals surface area (Å²) in [6.07, 6.45) is 0.810. The van der Waals surface area contributed by atoms with Gasteiger partial charge in [-0.15, -0.1) is 0 Å². The first-order valence-corrected chi connectivity index (χ1v) is 10.3. The van der Waals surface area contributed by atoms with Crippen molar-refractivity contribution in [1.29, 1.82) is 0 Å². The van der Waals surface area contributed by atoms with Crippen LogP contribution in [-0.2, 0) is 16.6 Å². The summed E-state index contributed by atoms with van der Waals surface area (Å²) in [7, 11) is -3.54. The van der Waals surface area contributed by atoms with Crippen LogP contribution in [0.25, 0.3) is 0 Å². The van der Waals surface area contributed by atoms with Gasteiger partial charge in [0, 0.05) is 17.1 Å². The molecule has 21 heavy (non-hydrogen) atoms. The second kappa shape index (κ2) is 8.53. The van der Waals surface area contributed by atoms with Crippen molar-refractivity contribution in [3.05, 3.63) is 27.7 Å². The summed E-state index contributed by atoms with van der Waals surface area (Å²) in [6.45, 7) is 6.17. The smallest absolute Gasteiger partial charge is 0.241 e. The third-order valence-corrected chi connectivity index (χ3v) is 6.92. The fourth-order valence-corrected chi connectivity index (χ4v) is 5.07. The molecule has 1 aromatic carbocycles. The average molecular weight is 395 g/mol. The number of benzene rings is 1. The van der Waals surface area contributed by atoms with Gasteiger partial charge in [-0.05, 0) is 64.9 Å². The van der Waals surface area contributed by atoms with Crippen molar-refractivity contribution in [3.63, 3.8) is 0 Å². The van der Waals surface area contributed by atoms with Crippen LogP contribution in [0.1, 0.15) is 31.4 Å². The number of thioether (sulfide) groups is 1. The molecule has 7 heteroatoms. The van der Waals surface area contributed by atoms with Gasteiger partial charge in [-0.25, -0.2) is 13.1 Å². The third-order valence-electron chi connectivity index (χ3n) is 3.06.